The number of hydrogen-bond donors (Lipinski definition) is 24. The molecule has 40 atom stereocenters. The molecule has 0 spiro atoms. The Labute approximate surface area is 496 Å². The highest BCUT2D eigenvalue weighted by atomic mass is 16.8. The van der Waals surface area contributed by atoms with Crippen molar-refractivity contribution in [3.8, 4) is 0 Å². The van der Waals surface area contributed by atoms with E-state index in [4.69, 9.17) is 75.8 Å². The highest BCUT2D eigenvalue weighted by Crippen LogP contribution is 2.40. The van der Waals surface area contributed by atoms with Crippen molar-refractivity contribution >= 4 is 0 Å². The van der Waals surface area contributed by atoms with E-state index < -0.39 is 299 Å². The zero-order chi connectivity index (χ0) is 64.1. The largest absolute Gasteiger partial charge is 0.394 e. The molecule has 16 unspecified atom stereocenters. The van der Waals surface area contributed by atoms with Gasteiger partial charge in [0, 0.05) is 0 Å². The van der Waals surface area contributed by atoms with Gasteiger partial charge in [-0.3, -0.25) is 0 Å². The summed E-state index contributed by atoms with van der Waals surface area (Å²) in [5.74, 6) is 0. The molecule has 30 heterocycles. The summed E-state index contributed by atoms with van der Waals surface area (Å²) >= 11 is 0. The molecule has 0 amide bonds. The molecule has 0 aromatic carbocycles. The smallest absolute Gasteiger partial charge is 0.187 e. The van der Waals surface area contributed by atoms with Gasteiger partial charge in [0.2, 0.25) is 0 Å². The second-order valence-electron chi connectivity index (χ2n) is 22.5. The predicted octanol–water partition coefficient (Wildman–Crippen LogP) is -17.4. The highest BCUT2D eigenvalue weighted by molar-refractivity contribution is 5.02. The zero-order valence-corrected chi connectivity index (χ0v) is 46.0. The second-order valence-corrected chi connectivity index (χ2v) is 22.5. The van der Waals surface area contributed by atoms with Crippen molar-refractivity contribution in [1.29, 1.82) is 0 Å². The van der Waals surface area contributed by atoms with E-state index >= 15 is 0 Å². The standard InChI is InChI=1S/C48H80O40/c49-1-9-33-17(57)25(65)41(73-9)82-34-10(2-50)75-43(27(67)19(34)59)84-36-12(4-52)77-45(29(69)21(36)61)86-38-14(6-54)79-47(31(71)23(38)63)88-40-16(8-56)80-48(32(72)24(40)64)87-39-15(7-55)78-46(30(70)22(39)62)85-37-13(5-53)76-44(28(68)20(37)60)83-35-11(3-51)74-42(81-33)26(66)18(35)58/h9-72H,1-8H2/t9?,10?,11?,12?,13?,14?,15?,16?,17-,18-,19-,20-,21-,22-,23-,24-,25?,26?,27?,28?,29?,30?,31?,32?,33-,34-,35-,36-,37-,38-,39-,40+,41-,42-,43-,44-,45+,46-,47-,48-/m1/s1. The van der Waals surface area contributed by atoms with Crippen molar-refractivity contribution in [2.24, 2.45) is 0 Å². The molecular formula is C48H80O40. The fourth-order valence-electron chi connectivity index (χ4n) is 11.9. The molecular weight excluding hydrogens is 1220 g/mol. The highest BCUT2D eigenvalue weighted by Gasteiger charge is 2.60. The van der Waals surface area contributed by atoms with E-state index in [1.807, 2.05) is 0 Å². The van der Waals surface area contributed by atoms with Crippen molar-refractivity contribution < 1.29 is 198 Å². The van der Waals surface area contributed by atoms with Crippen LogP contribution in [0.1, 0.15) is 0 Å². The molecule has 512 valence electrons. The van der Waals surface area contributed by atoms with Gasteiger partial charge in [-0.25, -0.2) is 0 Å². The summed E-state index contributed by atoms with van der Waals surface area (Å²) in [6.07, 6.45) is -82.0. The third-order valence-electron chi connectivity index (χ3n) is 16.9. The molecule has 0 aromatic heterocycles. The Morgan fingerprint density at radius 2 is 0.227 bits per heavy atom. The molecule has 30 saturated heterocycles. The summed E-state index contributed by atoms with van der Waals surface area (Å²) in [6.45, 7) is -8.64. The maximum atomic E-state index is 11.4. The quantitative estimate of drug-likeness (QED) is 0.107. The van der Waals surface area contributed by atoms with Crippen LogP contribution in [0.3, 0.4) is 0 Å². The van der Waals surface area contributed by atoms with Crippen LogP contribution in [-0.2, 0) is 75.8 Å². The van der Waals surface area contributed by atoms with Crippen LogP contribution in [0.4, 0.5) is 0 Å². The molecule has 0 saturated carbocycles. The Morgan fingerprint density at radius 1 is 0.136 bits per heavy atom. The molecule has 40 heteroatoms. The second kappa shape index (κ2) is 30.0. The minimum atomic E-state index is -2.25. The minimum Gasteiger partial charge on any atom is -0.394 e. The van der Waals surface area contributed by atoms with Crippen molar-refractivity contribution in [2.75, 3.05) is 52.9 Å². The van der Waals surface area contributed by atoms with Gasteiger partial charge in [-0.05, 0) is 0 Å². The van der Waals surface area contributed by atoms with Gasteiger partial charge in [0.1, 0.15) is 195 Å². The topological polar surface area (TPSA) is 633 Å². The van der Waals surface area contributed by atoms with E-state index in [0.717, 1.165) is 0 Å². The Morgan fingerprint density at radius 3 is 0.307 bits per heavy atom. The summed E-state index contributed by atoms with van der Waals surface area (Å²) in [5.41, 5.74) is 0. The van der Waals surface area contributed by atoms with E-state index in [1.54, 1.807) is 0 Å². The van der Waals surface area contributed by atoms with Gasteiger partial charge >= 0.3 is 0 Å². The minimum absolute atomic E-state index is 1.08. The van der Waals surface area contributed by atoms with Crippen LogP contribution in [0.25, 0.3) is 0 Å². The lowest BCUT2D eigenvalue weighted by Crippen LogP contribution is -2.69. The first-order chi connectivity index (χ1) is 41.9. The van der Waals surface area contributed by atoms with Crippen LogP contribution in [0, 0.1) is 0 Å². The molecule has 30 rings (SSSR count). The van der Waals surface area contributed by atoms with Crippen molar-refractivity contribution in [3.05, 3.63) is 0 Å². The number of ether oxygens (including phenoxy) is 16. The van der Waals surface area contributed by atoms with Gasteiger partial charge in [0.15, 0.2) is 50.3 Å². The molecule has 0 radical (unpaired) electrons. The average Bonchev–Trinajstić information content (AvgIpc) is 0.985. The van der Waals surface area contributed by atoms with Gasteiger partial charge in [-0.1, -0.05) is 0 Å². The zero-order valence-electron chi connectivity index (χ0n) is 46.0. The Kier molecular flexibility index (Phi) is 24.1. The first-order valence-electron chi connectivity index (χ1n) is 28.1. The molecule has 24 N–H and O–H groups in total. The maximum Gasteiger partial charge on any atom is 0.187 e. The molecule has 30 aliphatic heterocycles. The summed E-state index contributed by atoms with van der Waals surface area (Å²) in [6, 6.07) is 0. The van der Waals surface area contributed by atoms with Crippen LogP contribution in [0.15, 0.2) is 0 Å². The number of hydrogen-bond acceptors (Lipinski definition) is 40. The van der Waals surface area contributed by atoms with Crippen LogP contribution in [-0.4, -0.2) is 421 Å². The number of aliphatic hydroxyl groups is 24. The van der Waals surface area contributed by atoms with Crippen LogP contribution in [0.2, 0.25) is 0 Å². The Hall–Kier alpha value is -1.60. The fourth-order valence-corrected chi connectivity index (χ4v) is 11.9. The molecule has 30 fully saturated rings. The van der Waals surface area contributed by atoms with Crippen molar-refractivity contribution in [1.82, 2.24) is 0 Å². The predicted molar refractivity (Wildman–Crippen MR) is 261 cm³/mol. The lowest BCUT2D eigenvalue weighted by molar-refractivity contribution is -0.404. The summed E-state index contributed by atoms with van der Waals surface area (Å²) in [5, 5.41) is 265. The maximum absolute atomic E-state index is 11.4. The van der Waals surface area contributed by atoms with E-state index in [0.29, 0.717) is 0 Å². The van der Waals surface area contributed by atoms with Crippen LogP contribution >= 0.6 is 0 Å². The molecule has 88 heavy (non-hydrogen) atoms. The lowest BCUT2D eigenvalue weighted by atomic mass is 9.94. The first kappa shape index (κ1) is 70.7. The van der Waals surface area contributed by atoms with Crippen LogP contribution < -0.4 is 0 Å². The Bertz CT molecular complexity index is 1700. The average molecular weight is 1300 g/mol. The van der Waals surface area contributed by atoms with E-state index in [1.165, 1.54) is 0 Å². The van der Waals surface area contributed by atoms with Gasteiger partial charge in [-0.15, -0.1) is 0 Å². The third-order valence-corrected chi connectivity index (χ3v) is 16.9. The lowest BCUT2D eigenvalue weighted by Gasteiger charge is -2.50. The normalized spacial score (nSPS) is 55.4. The van der Waals surface area contributed by atoms with Gasteiger partial charge < -0.3 is 198 Å². The van der Waals surface area contributed by atoms with E-state index in [9.17, 15) is 123 Å². The SMILES string of the molecule is OCC1O[C@@H]2O[C@@H]3C(CO)O[C@H](O[C@@H]4C(CO)O[C@@H](O[C@@H]5C(CO)O[C@H](O[C@H]6C(CO)O[C@H](O[C@@H]7C(CO)O[C@H](O[C@@H]8C(CO)O[C@H](O[C@@H]9C(CO)O[C@H](O[C@H]1[C@H](O)C2O)C(O)[C@H]9O)C(O)[C@H]8O)C(O)[C@H]7O)C(O)[C@H]6O)C(O)[C@H]5O)C(O)[C@H]4O)C(O)[C@H]3O. The van der Waals surface area contributed by atoms with Crippen molar-refractivity contribution in [2.45, 2.75) is 246 Å². The van der Waals surface area contributed by atoms with Crippen LogP contribution in [0.5, 0.6) is 0 Å². The molecule has 40 nitrogen and oxygen atoms in total. The molecule has 0 aromatic rings. The summed E-state index contributed by atoms with van der Waals surface area (Å²) in [7, 11) is 0. The summed E-state index contributed by atoms with van der Waals surface area (Å²) in [4.78, 5) is 0. The van der Waals surface area contributed by atoms with E-state index in [2.05, 4.69) is 0 Å². The van der Waals surface area contributed by atoms with Crippen molar-refractivity contribution in [3.63, 3.8) is 0 Å². The molecule has 0 aliphatic carbocycles. The number of rotatable bonds is 8. The van der Waals surface area contributed by atoms with Gasteiger partial charge in [0.05, 0.1) is 52.9 Å². The monoisotopic (exact) mass is 1300 g/mol. The van der Waals surface area contributed by atoms with Gasteiger partial charge in [-0.2, -0.15) is 0 Å². The Balaban J connectivity index is 0.975. The van der Waals surface area contributed by atoms with E-state index in [-0.39, 0.29) is 0 Å². The summed E-state index contributed by atoms with van der Waals surface area (Å²) < 4.78 is 91.1. The molecule has 16 bridgehead atoms. The fraction of sp³-hybridized carbons (Fsp3) is 1.00. The number of aliphatic hydroxyl groups excluding tert-OH is 24. The van der Waals surface area contributed by atoms with Gasteiger partial charge in [0.25, 0.3) is 0 Å². The third kappa shape index (κ3) is 13.8. The first-order valence-corrected chi connectivity index (χ1v) is 28.1. The molecule has 30 aliphatic rings.